The fraction of sp³-hybridized carbons (Fsp3) is 0.308. The summed E-state index contributed by atoms with van der Waals surface area (Å²) in [5, 5.41) is 39.5. The minimum Gasteiger partial charge on any atom is -0.480 e. The normalized spacial score (nSPS) is 22.7. The standard InChI is InChI=1S/C26H24N6O5S/c27-11-15-5-4-14-2-1-3-18(22(14)29-15)31-24(35)26(25(36)37)9-8-17(19(33)10-26)28-12-16-6-7-20-23(30-16)32-21(34)13-38-20/h1-7,17,19,28,33H,8-10,12-13H2,(H,31,35)(H,36,37)(H,30,32,34)/t17-,19+,26-/m1/s1. The van der Waals surface area contributed by atoms with E-state index in [1.807, 2.05) is 18.2 Å². The fourth-order valence-corrected chi connectivity index (χ4v) is 5.58. The van der Waals surface area contributed by atoms with Crippen molar-refractivity contribution in [1.82, 2.24) is 15.3 Å². The van der Waals surface area contributed by atoms with E-state index in [0.717, 1.165) is 4.90 Å². The van der Waals surface area contributed by atoms with Crippen LogP contribution in [0, 0.1) is 16.7 Å². The van der Waals surface area contributed by atoms with E-state index >= 15 is 0 Å². The lowest BCUT2D eigenvalue weighted by atomic mass is 9.70. The highest BCUT2D eigenvalue weighted by molar-refractivity contribution is 8.00. The predicted molar refractivity (Wildman–Crippen MR) is 139 cm³/mol. The number of amides is 2. The van der Waals surface area contributed by atoms with Crippen molar-refractivity contribution in [2.24, 2.45) is 5.41 Å². The van der Waals surface area contributed by atoms with Crippen molar-refractivity contribution in [3.8, 4) is 6.07 Å². The number of rotatable bonds is 6. The molecule has 3 heterocycles. The molecule has 1 aliphatic heterocycles. The number of aliphatic hydroxyl groups is 1. The molecule has 5 N–H and O–H groups in total. The van der Waals surface area contributed by atoms with Gasteiger partial charge in [0.25, 0.3) is 0 Å². The number of nitrogens with zero attached hydrogens (tertiary/aromatic N) is 3. The topological polar surface area (TPSA) is 177 Å². The number of fused-ring (bicyclic) bond motifs is 2. The van der Waals surface area contributed by atoms with E-state index in [2.05, 4.69) is 25.9 Å². The van der Waals surface area contributed by atoms with Crippen LogP contribution in [-0.2, 0) is 20.9 Å². The second kappa shape index (κ2) is 10.4. The second-order valence-electron chi connectivity index (χ2n) is 9.31. The number of pyridine rings is 2. The van der Waals surface area contributed by atoms with E-state index in [1.54, 1.807) is 30.3 Å². The largest absolute Gasteiger partial charge is 0.480 e. The Bertz CT molecular complexity index is 1490. The van der Waals surface area contributed by atoms with Gasteiger partial charge in [0.05, 0.1) is 33.7 Å². The first-order chi connectivity index (χ1) is 18.3. The van der Waals surface area contributed by atoms with Crippen LogP contribution in [0.1, 0.15) is 30.7 Å². The number of hydrogen-bond donors (Lipinski definition) is 5. The molecule has 3 atom stereocenters. The summed E-state index contributed by atoms with van der Waals surface area (Å²) in [4.78, 5) is 47.0. The maximum Gasteiger partial charge on any atom is 0.319 e. The van der Waals surface area contributed by atoms with Gasteiger partial charge in [0.2, 0.25) is 11.8 Å². The Morgan fingerprint density at radius 2 is 2.05 bits per heavy atom. The zero-order valence-corrected chi connectivity index (χ0v) is 20.9. The number of benzene rings is 1. The minimum absolute atomic E-state index is 0.00878. The van der Waals surface area contributed by atoms with E-state index in [0.29, 0.717) is 40.4 Å². The maximum atomic E-state index is 13.4. The summed E-state index contributed by atoms with van der Waals surface area (Å²) in [6, 6.07) is 13.6. The molecule has 194 valence electrons. The lowest BCUT2D eigenvalue weighted by molar-refractivity contribution is -0.159. The Labute approximate surface area is 221 Å². The molecule has 11 nitrogen and oxygen atoms in total. The fourth-order valence-electron chi connectivity index (χ4n) is 4.82. The van der Waals surface area contributed by atoms with Gasteiger partial charge in [0, 0.05) is 18.0 Å². The molecule has 3 aromatic rings. The maximum absolute atomic E-state index is 13.4. The van der Waals surface area contributed by atoms with Gasteiger partial charge in [0.1, 0.15) is 23.0 Å². The van der Waals surface area contributed by atoms with Gasteiger partial charge in [-0.25, -0.2) is 9.97 Å². The Kier molecular flexibility index (Phi) is 6.98. The molecule has 12 heteroatoms. The third-order valence-electron chi connectivity index (χ3n) is 6.91. The van der Waals surface area contributed by atoms with Gasteiger partial charge in [-0.15, -0.1) is 11.8 Å². The van der Waals surface area contributed by atoms with Crippen molar-refractivity contribution < 1.29 is 24.6 Å². The van der Waals surface area contributed by atoms with Crippen LogP contribution in [0.5, 0.6) is 0 Å². The lowest BCUT2D eigenvalue weighted by Crippen LogP contribution is -2.54. The molecule has 2 aliphatic rings. The SMILES string of the molecule is N#Cc1ccc2cccc(NC(=O)[C@@]3(C(=O)O)CC[C@@H](NCc4ccc5c(n4)NC(=O)CS5)[C@@H](O)C3)c2n1. The number of aliphatic hydroxyl groups excluding tert-OH is 1. The Morgan fingerprint density at radius 3 is 2.82 bits per heavy atom. The number of hydrogen-bond acceptors (Lipinski definition) is 9. The smallest absolute Gasteiger partial charge is 0.319 e. The van der Waals surface area contributed by atoms with Crippen LogP contribution in [0.3, 0.4) is 0 Å². The summed E-state index contributed by atoms with van der Waals surface area (Å²) in [6.07, 6.45) is -1.13. The Morgan fingerprint density at radius 1 is 1.21 bits per heavy atom. The summed E-state index contributed by atoms with van der Waals surface area (Å²) in [5.41, 5.74) is -0.333. The molecule has 1 saturated carbocycles. The van der Waals surface area contributed by atoms with E-state index < -0.39 is 29.4 Å². The summed E-state index contributed by atoms with van der Waals surface area (Å²) in [6.45, 7) is 0.296. The molecule has 1 aromatic carbocycles. The van der Waals surface area contributed by atoms with Crippen molar-refractivity contribution in [3.63, 3.8) is 0 Å². The summed E-state index contributed by atoms with van der Waals surface area (Å²) >= 11 is 1.41. The number of carboxylic acids is 1. The minimum atomic E-state index is -1.84. The number of carbonyl (C=O) groups excluding carboxylic acids is 2. The van der Waals surface area contributed by atoms with Crippen LogP contribution in [0.2, 0.25) is 0 Å². The first kappa shape index (κ1) is 25.6. The quantitative estimate of drug-likeness (QED) is 0.296. The first-order valence-corrected chi connectivity index (χ1v) is 13.0. The molecular weight excluding hydrogens is 508 g/mol. The van der Waals surface area contributed by atoms with Crippen molar-refractivity contribution in [2.75, 3.05) is 16.4 Å². The molecule has 2 aromatic heterocycles. The molecule has 38 heavy (non-hydrogen) atoms. The van der Waals surface area contributed by atoms with Crippen molar-refractivity contribution >= 4 is 52.0 Å². The molecule has 5 rings (SSSR count). The summed E-state index contributed by atoms with van der Waals surface area (Å²) in [5.74, 6) is -1.33. The molecule has 0 unspecified atom stereocenters. The number of thioether (sulfide) groups is 1. The zero-order chi connectivity index (χ0) is 26.9. The van der Waals surface area contributed by atoms with Crippen molar-refractivity contribution in [3.05, 3.63) is 53.9 Å². The third kappa shape index (κ3) is 4.91. The van der Waals surface area contributed by atoms with Gasteiger partial charge in [-0.2, -0.15) is 5.26 Å². The molecule has 1 aliphatic carbocycles. The van der Waals surface area contributed by atoms with E-state index in [4.69, 9.17) is 0 Å². The molecular formula is C26H24N6O5S. The van der Waals surface area contributed by atoms with Crippen LogP contribution in [-0.4, -0.2) is 55.9 Å². The van der Waals surface area contributed by atoms with Gasteiger partial charge < -0.3 is 26.2 Å². The monoisotopic (exact) mass is 532 g/mol. The van der Waals surface area contributed by atoms with Crippen LogP contribution in [0.15, 0.2) is 47.4 Å². The highest BCUT2D eigenvalue weighted by Gasteiger charge is 2.51. The van der Waals surface area contributed by atoms with E-state index in [9.17, 15) is 29.9 Å². The Balaban J connectivity index is 1.28. The number of nitrogens with one attached hydrogen (secondary N) is 3. The Hall–Kier alpha value is -4.05. The van der Waals surface area contributed by atoms with Crippen LogP contribution >= 0.6 is 11.8 Å². The molecule has 0 spiro atoms. The van der Waals surface area contributed by atoms with E-state index in [-0.39, 0.29) is 30.9 Å². The van der Waals surface area contributed by atoms with Crippen LogP contribution in [0.4, 0.5) is 11.5 Å². The number of para-hydroxylation sites is 1. The van der Waals surface area contributed by atoms with Crippen LogP contribution in [0.25, 0.3) is 10.9 Å². The number of carboxylic acid groups (broad SMARTS) is 1. The predicted octanol–water partition coefficient (Wildman–Crippen LogP) is 2.26. The molecule has 0 radical (unpaired) electrons. The highest BCUT2D eigenvalue weighted by atomic mass is 32.2. The van der Waals surface area contributed by atoms with Crippen molar-refractivity contribution in [2.45, 2.75) is 42.8 Å². The number of anilines is 2. The van der Waals surface area contributed by atoms with Gasteiger partial charge in [-0.1, -0.05) is 12.1 Å². The first-order valence-electron chi connectivity index (χ1n) is 12.0. The van der Waals surface area contributed by atoms with Gasteiger partial charge >= 0.3 is 5.97 Å². The van der Waals surface area contributed by atoms with Crippen molar-refractivity contribution in [1.29, 1.82) is 5.26 Å². The number of carbonyl (C=O) groups is 3. The highest BCUT2D eigenvalue weighted by Crippen LogP contribution is 2.39. The molecule has 2 amide bonds. The van der Waals surface area contributed by atoms with Gasteiger partial charge in [-0.3, -0.25) is 14.4 Å². The lowest BCUT2D eigenvalue weighted by Gasteiger charge is -2.39. The van der Waals surface area contributed by atoms with Crippen LogP contribution < -0.4 is 16.0 Å². The average Bonchev–Trinajstić information content (AvgIpc) is 2.91. The molecule has 0 saturated heterocycles. The van der Waals surface area contributed by atoms with Gasteiger partial charge in [0.15, 0.2) is 0 Å². The average molecular weight is 533 g/mol. The second-order valence-corrected chi connectivity index (χ2v) is 10.3. The zero-order valence-electron chi connectivity index (χ0n) is 20.1. The number of nitriles is 1. The summed E-state index contributed by atoms with van der Waals surface area (Å²) < 4.78 is 0. The summed E-state index contributed by atoms with van der Waals surface area (Å²) in [7, 11) is 0. The molecule has 1 fully saturated rings. The third-order valence-corrected chi connectivity index (χ3v) is 7.96. The number of aromatic nitrogens is 2. The molecule has 0 bridgehead atoms. The number of aliphatic carboxylic acids is 1. The van der Waals surface area contributed by atoms with E-state index in [1.165, 1.54) is 11.8 Å². The van der Waals surface area contributed by atoms with Gasteiger partial charge in [-0.05, 0) is 49.6 Å².